The van der Waals surface area contributed by atoms with Crippen molar-refractivity contribution in [2.24, 2.45) is 0 Å². The van der Waals surface area contributed by atoms with Crippen molar-refractivity contribution in [2.45, 2.75) is 25.6 Å². The molecule has 1 fully saturated rings. The van der Waals surface area contributed by atoms with E-state index in [2.05, 4.69) is 12.1 Å². The van der Waals surface area contributed by atoms with Crippen LogP contribution in [0.25, 0.3) is 12.2 Å². The molecule has 2 heteroatoms. The molecule has 1 unspecified atom stereocenters. The smallest absolute Gasteiger partial charge is 0.185 e. The molecule has 1 atom stereocenters. The lowest BCUT2D eigenvalue weighted by Crippen LogP contribution is -2.26. The van der Waals surface area contributed by atoms with Crippen LogP contribution in [0.1, 0.15) is 29.5 Å². The van der Waals surface area contributed by atoms with Gasteiger partial charge in [-0.05, 0) is 28.8 Å². The normalized spacial score (nSPS) is 19.6. The third-order valence-corrected chi connectivity index (χ3v) is 5.09. The first-order valence-electron chi connectivity index (χ1n) is 9.99. The van der Waals surface area contributed by atoms with Crippen molar-refractivity contribution in [3.8, 4) is 0 Å². The van der Waals surface area contributed by atoms with Crippen LogP contribution < -0.4 is 0 Å². The minimum Gasteiger partial charge on any atom is -0.373 e. The molecule has 0 saturated heterocycles. The summed E-state index contributed by atoms with van der Waals surface area (Å²) < 4.78 is 6.22. The van der Waals surface area contributed by atoms with Gasteiger partial charge in [0, 0.05) is 24.0 Å². The van der Waals surface area contributed by atoms with E-state index in [1.807, 2.05) is 91.0 Å². The highest BCUT2D eigenvalue weighted by Crippen LogP contribution is 2.30. The number of hydrogen-bond donors (Lipinski definition) is 0. The standard InChI is InChI=1S/C27H24O2/c28-27-24(16-21-10-4-1-5-11-21)18-26(29-20-23-14-8-3-9-15-23)19-25(27)17-22-12-6-2-7-13-22/h1-17,26H,18-20H2/b24-16-,25-17+. The Labute approximate surface area is 172 Å². The van der Waals surface area contributed by atoms with Gasteiger partial charge in [0.25, 0.3) is 0 Å². The average molecular weight is 380 g/mol. The van der Waals surface area contributed by atoms with Gasteiger partial charge in [0.05, 0.1) is 12.7 Å². The fourth-order valence-corrected chi connectivity index (χ4v) is 3.61. The number of hydrogen-bond acceptors (Lipinski definition) is 2. The van der Waals surface area contributed by atoms with Gasteiger partial charge in [-0.3, -0.25) is 4.79 Å². The first-order chi connectivity index (χ1) is 14.3. The predicted octanol–water partition coefficient (Wildman–Crippen LogP) is 6.10. The maximum atomic E-state index is 13.2. The molecule has 0 aliphatic heterocycles. The summed E-state index contributed by atoms with van der Waals surface area (Å²) in [6, 6.07) is 30.2. The fourth-order valence-electron chi connectivity index (χ4n) is 3.61. The Bertz CT molecular complexity index is 941. The highest BCUT2D eigenvalue weighted by molar-refractivity contribution is 6.14. The molecule has 1 saturated carbocycles. The summed E-state index contributed by atoms with van der Waals surface area (Å²) >= 11 is 0. The third kappa shape index (κ3) is 5.18. The van der Waals surface area contributed by atoms with Crippen LogP contribution in [-0.4, -0.2) is 11.9 Å². The average Bonchev–Trinajstić information content (AvgIpc) is 2.77. The molecule has 0 amide bonds. The van der Waals surface area contributed by atoms with Crippen LogP contribution in [0.2, 0.25) is 0 Å². The minimum absolute atomic E-state index is 0.0159. The SMILES string of the molecule is O=C1/C(=C\c2ccccc2)CC(OCc2ccccc2)C/C1=C\c1ccccc1. The second-order valence-electron chi connectivity index (χ2n) is 7.32. The van der Waals surface area contributed by atoms with Crippen molar-refractivity contribution < 1.29 is 9.53 Å². The molecule has 0 N–H and O–H groups in total. The monoisotopic (exact) mass is 380 g/mol. The Morgan fingerprint density at radius 3 is 1.62 bits per heavy atom. The third-order valence-electron chi connectivity index (χ3n) is 5.09. The Balaban J connectivity index is 1.60. The number of carbonyl (C=O) groups excluding carboxylic acids is 1. The number of Topliss-reactive ketones (excluding diaryl/α,β-unsaturated/α-hetero) is 1. The number of ether oxygens (including phenoxy) is 1. The summed E-state index contributed by atoms with van der Waals surface area (Å²) in [6.07, 6.45) is 5.25. The molecule has 1 aliphatic carbocycles. The summed E-state index contributed by atoms with van der Waals surface area (Å²) in [5, 5.41) is 0. The number of ketones is 1. The van der Waals surface area contributed by atoms with E-state index in [0.29, 0.717) is 19.4 Å². The summed E-state index contributed by atoms with van der Waals surface area (Å²) in [6.45, 7) is 0.553. The van der Waals surface area contributed by atoms with Crippen molar-refractivity contribution in [3.63, 3.8) is 0 Å². The van der Waals surface area contributed by atoms with E-state index in [-0.39, 0.29) is 11.9 Å². The topological polar surface area (TPSA) is 26.3 Å². The van der Waals surface area contributed by atoms with Gasteiger partial charge in [0.1, 0.15) is 0 Å². The van der Waals surface area contributed by atoms with E-state index in [9.17, 15) is 4.79 Å². The molecule has 1 aliphatic rings. The van der Waals surface area contributed by atoms with Gasteiger partial charge < -0.3 is 4.74 Å². The van der Waals surface area contributed by atoms with Crippen LogP contribution in [0, 0.1) is 0 Å². The van der Waals surface area contributed by atoms with Crippen molar-refractivity contribution >= 4 is 17.9 Å². The molecule has 4 rings (SSSR count). The van der Waals surface area contributed by atoms with Crippen molar-refractivity contribution in [3.05, 3.63) is 119 Å². The predicted molar refractivity (Wildman–Crippen MR) is 118 cm³/mol. The molecule has 0 radical (unpaired) electrons. The molecular weight excluding hydrogens is 356 g/mol. The quantitative estimate of drug-likeness (QED) is 0.500. The van der Waals surface area contributed by atoms with Crippen molar-refractivity contribution in [2.75, 3.05) is 0 Å². The molecule has 0 heterocycles. The summed E-state index contributed by atoms with van der Waals surface area (Å²) in [4.78, 5) is 13.2. The largest absolute Gasteiger partial charge is 0.373 e. The Kier molecular flexibility index (Phi) is 6.13. The van der Waals surface area contributed by atoms with Gasteiger partial charge in [-0.2, -0.15) is 0 Å². The van der Waals surface area contributed by atoms with Gasteiger partial charge >= 0.3 is 0 Å². The van der Waals surface area contributed by atoms with E-state index in [4.69, 9.17) is 4.74 Å². The first kappa shape index (κ1) is 19.1. The molecule has 0 spiro atoms. The summed E-state index contributed by atoms with van der Waals surface area (Å²) in [5.41, 5.74) is 4.84. The molecule has 3 aromatic carbocycles. The minimum atomic E-state index is -0.0159. The molecule has 2 nitrogen and oxygen atoms in total. The lowest BCUT2D eigenvalue weighted by Gasteiger charge is -2.26. The maximum Gasteiger partial charge on any atom is 0.185 e. The maximum absolute atomic E-state index is 13.2. The van der Waals surface area contributed by atoms with Crippen LogP contribution in [0.15, 0.2) is 102 Å². The highest BCUT2D eigenvalue weighted by atomic mass is 16.5. The summed E-state index contributed by atoms with van der Waals surface area (Å²) in [7, 11) is 0. The van der Waals surface area contributed by atoms with Crippen molar-refractivity contribution in [1.29, 1.82) is 0 Å². The summed E-state index contributed by atoms with van der Waals surface area (Å²) in [5.74, 6) is 0.122. The number of carbonyl (C=O) groups is 1. The van der Waals surface area contributed by atoms with Crippen LogP contribution in [0.3, 0.4) is 0 Å². The van der Waals surface area contributed by atoms with Crippen LogP contribution in [-0.2, 0) is 16.1 Å². The van der Waals surface area contributed by atoms with Gasteiger partial charge in [0.2, 0.25) is 0 Å². The molecule has 0 bridgehead atoms. The van der Waals surface area contributed by atoms with Gasteiger partial charge in [-0.1, -0.05) is 91.0 Å². The van der Waals surface area contributed by atoms with E-state index in [0.717, 1.165) is 27.8 Å². The zero-order chi connectivity index (χ0) is 19.9. The lowest BCUT2D eigenvalue weighted by atomic mass is 9.85. The zero-order valence-corrected chi connectivity index (χ0v) is 16.3. The molecular formula is C27H24O2. The fraction of sp³-hybridized carbons (Fsp3) is 0.148. The van der Waals surface area contributed by atoms with Gasteiger partial charge in [0.15, 0.2) is 5.78 Å². The van der Waals surface area contributed by atoms with E-state index in [1.165, 1.54) is 0 Å². The van der Waals surface area contributed by atoms with Crippen LogP contribution in [0.4, 0.5) is 0 Å². The van der Waals surface area contributed by atoms with E-state index < -0.39 is 0 Å². The molecule has 144 valence electrons. The zero-order valence-electron chi connectivity index (χ0n) is 16.3. The van der Waals surface area contributed by atoms with Gasteiger partial charge in [-0.25, -0.2) is 0 Å². The Morgan fingerprint density at radius 2 is 1.14 bits per heavy atom. The number of benzene rings is 3. The van der Waals surface area contributed by atoms with Crippen LogP contribution >= 0.6 is 0 Å². The second kappa shape index (κ2) is 9.31. The lowest BCUT2D eigenvalue weighted by molar-refractivity contribution is -0.114. The Hall–Kier alpha value is -3.23. The molecule has 3 aromatic rings. The molecule has 29 heavy (non-hydrogen) atoms. The molecule has 0 aromatic heterocycles. The van der Waals surface area contributed by atoms with E-state index in [1.54, 1.807) is 0 Å². The number of rotatable bonds is 5. The van der Waals surface area contributed by atoms with Crippen LogP contribution in [0.5, 0.6) is 0 Å². The highest BCUT2D eigenvalue weighted by Gasteiger charge is 2.28. The first-order valence-corrected chi connectivity index (χ1v) is 9.99. The second-order valence-corrected chi connectivity index (χ2v) is 7.32. The van der Waals surface area contributed by atoms with Gasteiger partial charge in [-0.15, -0.1) is 0 Å². The van der Waals surface area contributed by atoms with Crippen molar-refractivity contribution in [1.82, 2.24) is 0 Å². The Morgan fingerprint density at radius 1 is 0.690 bits per heavy atom. The van der Waals surface area contributed by atoms with E-state index >= 15 is 0 Å².